The number of hydrogen-bond acceptors (Lipinski definition) is 8. The molecule has 0 bridgehead atoms. The van der Waals surface area contributed by atoms with Gasteiger partial charge in [0.1, 0.15) is 27.3 Å². The maximum absolute atomic E-state index is 14.8. The molecule has 46 heavy (non-hydrogen) atoms. The van der Waals surface area contributed by atoms with Crippen LogP contribution in [0.15, 0.2) is 40.2 Å². The summed E-state index contributed by atoms with van der Waals surface area (Å²) in [4.78, 5) is 46.3. The second-order valence-electron chi connectivity index (χ2n) is 12.1. The van der Waals surface area contributed by atoms with Crippen LogP contribution in [0, 0.1) is 24.1 Å². The Labute approximate surface area is 270 Å². The molecule has 0 saturated carbocycles. The first-order chi connectivity index (χ1) is 22.0. The minimum Gasteiger partial charge on any atom is -0.369 e. The van der Waals surface area contributed by atoms with Crippen LogP contribution >= 0.6 is 11.3 Å². The molecule has 1 amide bonds. The van der Waals surface area contributed by atoms with Gasteiger partial charge in [-0.1, -0.05) is 38.2 Å². The number of nitriles is 1. The van der Waals surface area contributed by atoms with E-state index in [4.69, 9.17) is 4.74 Å². The molecular weight excluding hydrogens is 609 g/mol. The summed E-state index contributed by atoms with van der Waals surface area (Å²) in [7, 11) is 0. The van der Waals surface area contributed by atoms with Crippen molar-refractivity contribution in [1.29, 1.82) is 5.26 Å². The van der Waals surface area contributed by atoms with Gasteiger partial charge in [-0.2, -0.15) is 15.5 Å². The molecule has 0 spiro atoms. The number of halogens is 1. The Morgan fingerprint density at radius 3 is 2.43 bits per heavy atom. The lowest BCUT2D eigenvalue weighted by molar-refractivity contribution is -0.161. The zero-order valence-electron chi connectivity index (χ0n) is 27.1. The van der Waals surface area contributed by atoms with Crippen molar-refractivity contribution in [2.75, 3.05) is 6.54 Å². The van der Waals surface area contributed by atoms with E-state index in [1.807, 2.05) is 27.7 Å². The van der Waals surface area contributed by atoms with Crippen molar-refractivity contribution in [1.82, 2.24) is 29.0 Å². The number of likely N-dealkylation sites (tertiary alicyclic amines) is 1. The van der Waals surface area contributed by atoms with E-state index in [-0.39, 0.29) is 42.9 Å². The van der Waals surface area contributed by atoms with E-state index in [9.17, 15) is 24.0 Å². The van der Waals surface area contributed by atoms with Gasteiger partial charge < -0.3 is 9.64 Å². The predicted octanol–water partition coefficient (Wildman–Crippen LogP) is 5.01. The minimum atomic E-state index is -1.38. The van der Waals surface area contributed by atoms with Crippen LogP contribution in [0.1, 0.15) is 83.1 Å². The monoisotopic (exact) mass is 649 g/mol. The zero-order valence-corrected chi connectivity index (χ0v) is 27.9. The molecule has 0 radical (unpaired) electrons. The number of thiophene rings is 1. The number of ether oxygens (including phenoxy) is 1. The van der Waals surface area contributed by atoms with Crippen LogP contribution in [0.3, 0.4) is 0 Å². The van der Waals surface area contributed by atoms with Gasteiger partial charge >= 0.3 is 5.69 Å². The van der Waals surface area contributed by atoms with Gasteiger partial charge in [0, 0.05) is 18.0 Å². The van der Waals surface area contributed by atoms with Gasteiger partial charge in [-0.05, 0) is 69.7 Å². The van der Waals surface area contributed by atoms with Crippen LogP contribution in [0.25, 0.3) is 15.2 Å². The van der Waals surface area contributed by atoms with Crippen LogP contribution in [0.2, 0.25) is 0 Å². The molecule has 0 N–H and O–H groups in total. The quantitative estimate of drug-likeness (QED) is 0.186. The lowest BCUT2D eigenvalue weighted by Gasteiger charge is -2.50. The van der Waals surface area contributed by atoms with E-state index in [0.29, 0.717) is 33.8 Å². The van der Waals surface area contributed by atoms with Crippen molar-refractivity contribution in [3.05, 3.63) is 73.9 Å². The highest BCUT2D eigenvalue weighted by atomic mass is 32.1. The average molecular weight is 650 g/mol. The molecule has 11 nitrogen and oxygen atoms in total. The number of hydrogen-bond donors (Lipinski definition) is 0. The smallest absolute Gasteiger partial charge is 0.333 e. The number of fused-ring (bicyclic) bond motifs is 1. The van der Waals surface area contributed by atoms with Crippen LogP contribution in [0.4, 0.5) is 4.39 Å². The Balaban J connectivity index is 1.75. The van der Waals surface area contributed by atoms with E-state index in [2.05, 4.69) is 16.3 Å². The number of rotatable bonds is 13. The average Bonchev–Trinajstić information content (AvgIpc) is 3.70. The Morgan fingerprint density at radius 2 is 1.83 bits per heavy atom. The molecule has 1 saturated heterocycles. The Morgan fingerprint density at radius 1 is 1.13 bits per heavy atom. The van der Waals surface area contributed by atoms with Gasteiger partial charge in [-0.25, -0.2) is 13.8 Å². The minimum absolute atomic E-state index is 0.00994. The van der Waals surface area contributed by atoms with Crippen molar-refractivity contribution in [2.45, 2.75) is 104 Å². The summed E-state index contributed by atoms with van der Waals surface area (Å²) in [6.45, 7) is 11.5. The first-order valence-electron chi connectivity index (χ1n) is 15.8. The molecule has 1 aliphatic heterocycles. The highest BCUT2D eigenvalue weighted by Crippen LogP contribution is 2.36. The van der Waals surface area contributed by atoms with Crippen LogP contribution in [-0.2, 0) is 28.0 Å². The zero-order chi connectivity index (χ0) is 33.3. The van der Waals surface area contributed by atoms with Crippen molar-refractivity contribution >= 4 is 27.5 Å². The second-order valence-corrected chi connectivity index (χ2v) is 13.1. The number of benzene rings is 1. The number of aromatic nitrogens is 5. The van der Waals surface area contributed by atoms with E-state index in [1.165, 1.54) is 45.2 Å². The van der Waals surface area contributed by atoms with Gasteiger partial charge in [-0.3, -0.25) is 14.2 Å². The normalized spacial score (nSPS) is 17.8. The molecule has 3 aromatic heterocycles. The highest BCUT2D eigenvalue weighted by Gasteiger charge is 2.53. The van der Waals surface area contributed by atoms with Crippen molar-refractivity contribution < 1.29 is 13.9 Å². The van der Waals surface area contributed by atoms with Crippen LogP contribution < -0.4 is 11.2 Å². The third-order valence-electron chi connectivity index (χ3n) is 9.15. The van der Waals surface area contributed by atoms with E-state index < -0.39 is 28.7 Å². The summed E-state index contributed by atoms with van der Waals surface area (Å²) in [6, 6.07) is 6.54. The summed E-state index contributed by atoms with van der Waals surface area (Å²) < 4.78 is 23.8. The van der Waals surface area contributed by atoms with Gasteiger partial charge in [0.05, 0.1) is 43.0 Å². The van der Waals surface area contributed by atoms with Crippen LogP contribution in [-0.4, -0.2) is 53.6 Å². The molecule has 5 rings (SSSR count). The molecule has 4 aromatic rings. The molecule has 4 heterocycles. The maximum atomic E-state index is 14.8. The number of carbonyl (C=O) groups excluding carboxylic acids is 1. The molecule has 13 heteroatoms. The van der Waals surface area contributed by atoms with E-state index in [1.54, 1.807) is 24.8 Å². The van der Waals surface area contributed by atoms with E-state index in [0.717, 1.165) is 23.0 Å². The number of nitrogens with zero attached hydrogens (tertiary/aromatic N) is 7. The molecule has 1 aliphatic rings. The number of β-lactam (4-membered cyclic amide) rings is 1. The summed E-state index contributed by atoms with van der Waals surface area (Å²) in [5, 5.41) is 18.7. The fourth-order valence-electron chi connectivity index (χ4n) is 6.36. The summed E-state index contributed by atoms with van der Waals surface area (Å²) in [5.74, 6) is -0.742. The molecule has 1 aromatic carbocycles. The van der Waals surface area contributed by atoms with E-state index >= 15 is 0 Å². The molecule has 244 valence electrons. The fourth-order valence-corrected chi connectivity index (χ4v) is 7.58. The topological polar surface area (TPSA) is 128 Å². The SMILES string of the molecule is CCC(C)O[C@@H](Cn1c(=O)n(C2(C)CN(C(CC)CC)C2=O)c(=O)c2c(C)c(-n3nccn3)sc21)c1cc(F)ccc1CCC#N. The third-order valence-corrected chi connectivity index (χ3v) is 10.4. The first kappa shape index (κ1) is 33.2. The van der Waals surface area contributed by atoms with Crippen molar-refractivity contribution in [3.63, 3.8) is 0 Å². The predicted molar refractivity (Wildman–Crippen MR) is 174 cm³/mol. The largest absolute Gasteiger partial charge is 0.369 e. The number of aryl methyl sites for hydroxylation is 2. The van der Waals surface area contributed by atoms with Crippen LogP contribution in [0.5, 0.6) is 0 Å². The highest BCUT2D eigenvalue weighted by molar-refractivity contribution is 7.21. The number of amides is 1. The lowest BCUT2D eigenvalue weighted by Crippen LogP contribution is -2.72. The molecule has 2 unspecified atom stereocenters. The summed E-state index contributed by atoms with van der Waals surface area (Å²) in [5.41, 5.74) is -0.735. The molecule has 3 atom stereocenters. The lowest BCUT2D eigenvalue weighted by atomic mass is 9.87. The number of carbonyl (C=O) groups is 1. The van der Waals surface area contributed by atoms with Gasteiger partial charge in [0.25, 0.3) is 11.5 Å². The Bertz CT molecular complexity index is 1900. The van der Waals surface area contributed by atoms with Crippen molar-refractivity contribution in [2.24, 2.45) is 0 Å². The maximum Gasteiger partial charge on any atom is 0.333 e. The molecule has 1 fully saturated rings. The fraction of sp³-hybridized carbons (Fsp3) is 0.515. The Hall–Kier alpha value is -4.15. The Kier molecular flexibility index (Phi) is 9.60. The van der Waals surface area contributed by atoms with Gasteiger partial charge in [-0.15, -0.1) is 4.80 Å². The summed E-state index contributed by atoms with van der Waals surface area (Å²) in [6.07, 6.45) is 4.79. The summed E-state index contributed by atoms with van der Waals surface area (Å²) >= 11 is 1.20. The van der Waals surface area contributed by atoms with Crippen molar-refractivity contribution in [3.8, 4) is 11.1 Å². The van der Waals surface area contributed by atoms with Gasteiger partial charge in [0.2, 0.25) is 0 Å². The molecule has 0 aliphatic carbocycles. The third kappa shape index (κ3) is 5.69. The standard InChI is InChI=1S/C33H40FN7O4S/c1-7-20(4)45-26(25-17-23(34)13-12-22(25)11-10-14-35)18-38-30-27(21(5)29(46-30)41-36-15-16-37-41)28(42)40(32(38)44)33(6)19-39(31(33)43)24(8-2)9-3/h12-13,15-17,20,24,26H,7-11,18-19H2,1-6H3/t20?,26-,33?/m0/s1. The molecular formula is C33H40FN7O4S. The van der Waals surface area contributed by atoms with Gasteiger partial charge in [0.15, 0.2) is 0 Å². The first-order valence-corrected chi connectivity index (χ1v) is 16.6. The second kappa shape index (κ2) is 13.3.